The van der Waals surface area contributed by atoms with Gasteiger partial charge in [-0.2, -0.15) is 0 Å². The van der Waals surface area contributed by atoms with Gasteiger partial charge in [0.1, 0.15) is 0 Å². The highest BCUT2D eigenvalue weighted by Crippen LogP contribution is 2.33. The van der Waals surface area contributed by atoms with Crippen molar-refractivity contribution in [2.75, 3.05) is 27.3 Å². The van der Waals surface area contributed by atoms with Gasteiger partial charge in [-0.3, -0.25) is 14.6 Å². The number of methoxy groups -OCH3 is 1. The Bertz CT molecular complexity index is 576. The lowest BCUT2D eigenvalue weighted by molar-refractivity contribution is -0.139. The van der Waals surface area contributed by atoms with Crippen LogP contribution < -0.4 is 5.32 Å². The molecule has 0 unspecified atom stereocenters. The summed E-state index contributed by atoms with van der Waals surface area (Å²) in [4.78, 5) is 30.7. The number of hydrogen-bond donors (Lipinski definition) is 1. The van der Waals surface area contributed by atoms with Crippen LogP contribution in [-0.2, 0) is 20.7 Å². The third-order valence-electron chi connectivity index (χ3n) is 4.40. The van der Waals surface area contributed by atoms with Crippen LogP contribution in [0, 0.1) is 6.92 Å². The number of aryl methyl sites for hydroxylation is 1. The van der Waals surface area contributed by atoms with Gasteiger partial charge >= 0.3 is 0 Å². The van der Waals surface area contributed by atoms with Gasteiger partial charge < -0.3 is 15.0 Å². The van der Waals surface area contributed by atoms with Crippen LogP contribution in [0.2, 0.25) is 0 Å². The molecule has 0 bridgehead atoms. The number of likely N-dealkylation sites (tertiary alicyclic amines) is 1. The van der Waals surface area contributed by atoms with Crippen LogP contribution in [0.15, 0.2) is 18.3 Å². The molecule has 1 atom stereocenters. The Labute approximate surface area is 137 Å². The normalized spacial score (nSPS) is 20.6. The van der Waals surface area contributed by atoms with Crippen LogP contribution in [0.25, 0.3) is 0 Å². The Kier molecular flexibility index (Phi) is 5.71. The summed E-state index contributed by atoms with van der Waals surface area (Å²) in [7, 11) is 3.22. The summed E-state index contributed by atoms with van der Waals surface area (Å²) in [5.41, 5.74) is 1.31. The van der Waals surface area contributed by atoms with E-state index in [1.165, 1.54) is 0 Å². The highest BCUT2D eigenvalue weighted by Gasteiger charge is 2.44. The molecule has 1 aromatic heterocycles. The average Bonchev–Trinajstić information content (AvgIpc) is 2.91. The fourth-order valence-corrected chi connectivity index (χ4v) is 3.35. The molecule has 2 amide bonds. The van der Waals surface area contributed by atoms with Crippen molar-refractivity contribution in [2.24, 2.45) is 0 Å². The summed E-state index contributed by atoms with van der Waals surface area (Å²) in [6, 6.07) is 3.78. The fourth-order valence-electron chi connectivity index (χ4n) is 3.35. The molecular formula is C17H25N3O3. The number of pyridine rings is 1. The molecule has 23 heavy (non-hydrogen) atoms. The van der Waals surface area contributed by atoms with Crippen molar-refractivity contribution in [1.29, 1.82) is 0 Å². The number of nitrogens with one attached hydrogen (secondary N) is 1. The van der Waals surface area contributed by atoms with Crippen molar-refractivity contribution in [2.45, 2.75) is 38.1 Å². The first-order chi connectivity index (χ1) is 11.0. The number of amides is 2. The van der Waals surface area contributed by atoms with Crippen LogP contribution in [0.5, 0.6) is 0 Å². The minimum absolute atomic E-state index is 0.0362. The van der Waals surface area contributed by atoms with E-state index in [1.54, 1.807) is 20.4 Å². The first-order valence-electron chi connectivity index (χ1n) is 7.92. The molecule has 0 aromatic carbocycles. The quantitative estimate of drug-likeness (QED) is 0.851. The lowest BCUT2D eigenvalue weighted by Crippen LogP contribution is -2.53. The molecule has 1 N–H and O–H groups in total. The maximum Gasteiger partial charge on any atom is 0.227 e. The Morgan fingerprint density at radius 1 is 1.48 bits per heavy atom. The Morgan fingerprint density at radius 2 is 2.26 bits per heavy atom. The molecule has 2 rings (SSSR count). The molecule has 6 nitrogen and oxygen atoms in total. The maximum atomic E-state index is 12.8. The molecule has 0 aliphatic carbocycles. The number of rotatable bonds is 6. The largest absolute Gasteiger partial charge is 0.382 e. The predicted molar refractivity (Wildman–Crippen MR) is 86.9 cm³/mol. The van der Waals surface area contributed by atoms with Gasteiger partial charge in [0, 0.05) is 32.6 Å². The number of ether oxygens (including phenoxy) is 1. The smallest absolute Gasteiger partial charge is 0.227 e. The third kappa shape index (κ3) is 4.07. The maximum absolute atomic E-state index is 12.8. The molecule has 1 aromatic rings. The lowest BCUT2D eigenvalue weighted by Gasteiger charge is -2.37. The SMILES string of the molecule is CNC(=O)C[C@@]1(COC)CCCN1C(=O)Cc1ccnc(C)c1. The molecule has 0 saturated carbocycles. The molecule has 1 fully saturated rings. The first-order valence-corrected chi connectivity index (χ1v) is 7.92. The number of carbonyl (C=O) groups excluding carboxylic acids is 2. The van der Waals surface area contributed by atoms with E-state index >= 15 is 0 Å². The zero-order valence-corrected chi connectivity index (χ0v) is 14.1. The lowest BCUT2D eigenvalue weighted by atomic mass is 9.91. The molecule has 126 valence electrons. The van der Waals surface area contributed by atoms with E-state index in [2.05, 4.69) is 10.3 Å². The van der Waals surface area contributed by atoms with E-state index in [-0.39, 0.29) is 18.2 Å². The summed E-state index contributed by atoms with van der Waals surface area (Å²) < 4.78 is 5.34. The second kappa shape index (κ2) is 7.55. The van der Waals surface area contributed by atoms with Crippen molar-refractivity contribution in [3.8, 4) is 0 Å². The molecule has 1 saturated heterocycles. The number of aromatic nitrogens is 1. The van der Waals surface area contributed by atoms with Crippen LogP contribution in [-0.4, -0.2) is 54.5 Å². The van der Waals surface area contributed by atoms with E-state index in [0.29, 0.717) is 19.6 Å². The molecule has 6 heteroatoms. The van der Waals surface area contributed by atoms with Crippen LogP contribution in [0.3, 0.4) is 0 Å². The average molecular weight is 319 g/mol. The predicted octanol–water partition coefficient (Wildman–Crippen LogP) is 1.08. The van der Waals surface area contributed by atoms with Crippen molar-refractivity contribution in [3.63, 3.8) is 0 Å². The molecule has 1 aliphatic heterocycles. The van der Waals surface area contributed by atoms with Crippen LogP contribution in [0.4, 0.5) is 0 Å². The summed E-state index contributed by atoms with van der Waals surface area (Å²) in [6.07, 6.45) is 3.99. The monoisotopic (exact) mass is 319 g/mol. The summed E-state index contributed by atoms with van der Waals surface area (Å²) in [5, 5.41) is 2.65. The zero-order valence-electron chi connectivity index (χ0n) is 14.1. The Morgan fingerprint density at radius 3 is 2.91 bits per heavy atom. The van der Waals surface area contributed by atoms with Gasteiger partial charge in [0.15, 0.2) is 0 Å². The molecular weight excluding hydrogens is 294 g/mol. The highest BCUT2D eigenvalue weighted by molar-refractivity contribution is 5.82. The number of nitrogens with zero attached hydrogens (tertiary/aromatic N) is 2. The Balaban J connectivity index is 2.17. The van der Waals surface area contributed by atoms with Gasteiger partial charge in [-0.05, 0) is 37.5 Å². The highest BCUT2D eigenvalue weighted by atomic mass is 16.5. The second-order valence-electron chi connectivity index (χ2n) is 6.14. The minimum atomic E-state index is -0.534. The van der Waals surface area contributed by atoms with Gasteiger partial charge in [0.05, 0.1) is 25.0 Å². The first kappa shape index (κ1) is 17.4. The molecule has 1 aliphatic rings. The summed E-state index contributed by atoms with van der Waals surface area (Å²) >= 11 is 0. The van der Waals surface area contributed by atoms with Crippen molar-refractivity contribution in [3.05, 3.63) is 29.6 Å². The van der Waals surface area contributed by atoms with E-state index in [1.807, 2.05) is 24.0 Å². The second-order valence-corrected chi connectivity index (χ2v) is 6.14. The third-order valence-corrected chi connectivity index (χ3v) is 4.40. The topological polar surface area (TPSA) is 71.5 Å². The Hall–Kier alpha value is -1.95. The number of hydrogen-bond acceptors (Lipinski definition) is 4. The van der Waals surface area contributed by atoms with Gasteiger partial charge in [0.2, 0.25) is 11.8 Å². The van der Waals surface area contributed by atoms with E-state index in [4.69, 9.17) is 4.74 Å². The molecule has 0 radical (unpaired) electrons. The fraction of sp³-hybridized carbons (Fsp3) is 0.588. The summed E-state index contributed by atoms with van der Waals surface area (Å²) in [6.45, 7) is 2.95. The molecule has 0 spiro atoms. The van der Waals surface area contributed by atoms with Crippen molar-refractivity contribution >= 4 is 11.8 Å². The molecule has 2 heterocycles. The van der Waals surface area contributed by atoms with Gasteiger partial charge in [0.25, 0.3) is 0 Å². The van der Waals surface area contributed by atoms with Crippen molar-refractivity contribution in [1.82, 2.24) is 15.2 Å². The standard InChI is InChI=1S/C17H25N3O3/c1-13-9-14(5-7-19-13)10-16(22)20-8-4-6-17(20,12-23-3)11-15(21)18-2/h5,7,9H,4,6,8,10-12H2,1-3H3,(H,18,21)/t17-/m1/s1. The minimum Gasteiger partial charge on any atom is -0.382 e. The van der Waals surface area contributed by atoms with E-state index in [9.17, 15) is 9.59 Å². The summed E-state index contributed by atoms with van der Waals surface area (Å²) in [5.74, 6) is -0.0319. The zero-order chi connectivity index (χ0) is 16.9. The van der Waals surface area contributed by atoms with E-state index < -0.39 is 5.54 Å². The number of carbonyl (C=O) groups is 2. The van der Waals surface area contributed by atoms with Crippen LogP contribution >= 0.6 is 0 Å². The van der Waals surface area contributed by atoms with E-state index in [0.717, 1.165) is 24.1 Å². The van der Waals surface area contributed by atoms with Crippen LogP contribution in [0.1, 0.15) is 30.5 Å². The van der Waals surface area contributed by atoms with Gasteiger partial charge in [-0.25, -0.2) is 0 Å². The van der Waals surface area contributed by atoms with Gasteiger partial charge in [-0.15, -0.1) is 0 Å². The van der Waals surface area contributed by atoms with Crippen molar-refractivity contribution < 1.29 is 14.3 Å². The van der Waals surface area contributed by atoms with Gasteiger partial charge in [-0.1, -0.05) is 0 Å².